The van der Waals surface area contributed by atoms with Gasteiger partial charge in [-0.15, -0.1) is 5.10 Å². The highest BCUT2D eigenvalue weighted by atomic mass is 32.2. The minimum absolute atomic E-state index is 0.0139. The van der Waals surface area contributed by atoms with Crippen molar-refractivity contribution in [3.05, 3.63) is 30.0 Å². The number of hydrogen-bond donors (Lipinski definition) is 2. The van der Waals surface area contributed by atoms with E-state index in [1.807, 2.05) is 0 Å². The summed E-state index contributed by atoms with van der Waals surface area (Å²) in [7, 11) is -4.46. The maximum absolute atomic E-state index is 14.1. The molecule has 0 saturated heterocycles. The molecule has 0 saturated carbocycles. The number of aryl methyl sites for hydroxylation is 1. The van der Waals surface area contributed by atoms with E-state index in [9.17, 15) is 41.4 Å². The third-order valence-electron chi connectivity index (χ3n) is 6.66. The van der Waals surface area contributed by atoms with Gasteiger partial charge in [0.1, 0.15) is 18.5 Å². The van der Waals surface area contributed by atoms with Crippen LogP contribution in [-0.2, 0) is 37.3 Å². The zero-order valence-electron chi connectivity index (χ0n) is 23.5. The van der Waals surface area contributed by atoms with E-state index in [0.29, 0.717) is 20.4 Å². The molecule has 2 aromatic rings. The van der Waals surface area contributed by atoms with Gasteiger partial charge >= 0.3 is 18.1 Å². The summed E-state index contributed by atoms with van der Waals surface area (Å²) >= 11 is 0. The number of sulfonamides is 1. The van der Waals surface area contributed by atoms with Gasteiger partial charge < -0.3 is 24.4 Å². The molecule has 0 unspecified atom stereocenters. The second-order valence-corrected chi connectivity index (χ2v) is 12.0. The van der Waals surface area contributed by atoms with Gasteiger partial charge in [0.05, 0.1) is 31.2 Å². The number of fused-ring (bicyclic) bond motifs is 1. The van der Waals surface area contributed by atoms with E-state index >= 15 is 0 Å². The lowest BCUT2D eigenvalue weighted by Gasteiger charge is -2.36. The Hall–Kier alpha value is -3.53. The van der Waals surface area contributed by atoms with Crippen molar-refractivity contribution in [2.24, 2.45) is 5.92 Å². The van der Waals surface area contributed by atoms with Crippen LogP contribution in [0.1, 0.15) is 46.1 Å². The fourth-order valence-electron chi connectivity index (χ4n) is 4.21. The Bertz CT molecular complexity index is 1390. The first kappa shape index (κ1) is 33.0. The van der Waals surface area contributed by atoms with Gasteiger partial charge in [0.2, 0.25) is 5.60 Å². The molecule has 0 fully saturated rings. The summed E-state index contributed by atoms with van der Waals surface area (Å²) in [4.78, 5) is 23.8. The average molecular weight is 622 g/mol. The number of aromatic nitrogens is 2. The molecule has 2 atom stereocenters. The van der Waals surface area contributed by atoms with E-state index < -0.39 is 58.8 Å². The van der Waals surface area contributed by atoms with E-state index in [0.717, 1.165) is 4.31 Å². The predicted octanol–water partition coefficient (Wildman–Crippen LogP) is 3.16. The minimum atomic E-state index is -4.81. The lowest BCUT2D eigenvalue weighted by Crippen LogP contribution is -2.45. The molecular formula is C26H34F3N3O9S. The van der Waals surface area contributed by atoms with Crippen LogP contribution in [0, 0.1) is 5.92 Å². The number of carbonyl (C=O) groups excluding carboxylic acids is 1. The number of nitrogens with zero attached hydrogens (tertiary/aromatic N) is 3. The van der Waals surface area contributed by atoms with E-state index in [-0.39, 0.29) is 53.8 Å². The summed E-state index contributed by atoms with van der Waals surface area (Å²) in [6.45, 7) is 4.18. The molecule has 42 heavy (non-hydrogen) atoms. The number of carbonyl (C=O) groups is 2. The van der Waals surface area contributed by atoms with Gasteiger partial charge in [-0.2, -0.15) is 13.2 Å². The number of hydrogen-bond acceptors (Lipinski definition) is 9. The van der Waals surface area contributed by atoms with Crippen LogP contribution >= 0.6 is 0 Å². The molecule has 1 aromatic heterocycles. The fraction of sp³-hybridized carbons (Fsp3) is 0.577. The number of aliphatic carboxylic acids is 1. The summed E-state index contributed by atoms with van der Waals surface area (Å²) in [5.41, 5.74) is -2.61. The number of aliphatic hydroxyl groups is 1. The van der Waals surface area contributed by atoms with Crippen LogP contribution in [0.15, 0.2) is 29.3 Å². The summed E-state index contributed by atoms with van der Waals surface area (Å²) < 4.78 is 86.0. The standard InChI is InChI=1S/C26H34F3N3O9S/c1-5-17(24(35)36)13-18-14-32(42(37,38)21-15-31(6-2)30-23(21)39-10-9-33)19-11-16(7-8-20(19)40-18)12-22(34)41-25(3,4)26(27,28)29/h7-8,11,15,17-18,33H,5-6,9-10,12-14H2,1-4H3,(H,35,36)/t17-,18-/m0/s1. The highest BCUT2D eigenvalue weighted by molar-refractivity contribution is 7.93. The first-order valence-corrected chi connectivity index (χ1v) is 14.6. The van der Waals surface area contributed by atoms with Gasteiger partial charge in [0, 0.05) is 12.7 Å². The zero-order chi connectivity index (χ0) is 31.5. The maximum atomic E-state index is 14.1. The van der Waals surface area contributed by atoms with Crippen molar-refractivity contribution < 1.29 is 55.6 Å². The quantitative estimate of drug-likeness (QED) is 0.319. The van der Waals surface area contributed by atoms with Crippen LogP contribution in [0.25, 0.3) is 0 Å². The normalized spacial score (nSPS) is 16.4. The first-order chi connectivity index (χ1) is 19.5. The Morgan fingerprint density at radius 3 is 2.50 bits per heavy atom. The summed E-state index contributed by atoms with van der Waals surface area (Å²) in [5.74, 6) is -3.28. The van der Waals surface area contributed by atoms with Crippen molar-refractivity contribution in [3.63, 3.8) is 0 Å². The third kappa shape index (κ3) is 7.27. The van der Waals surface area contributed by atoms with Crippen LogP contribution in [0.5, 0.6) is 11.6 Å². The summed E-state index contributed by atoms with van der Waals surface area (Å²) in [6, 6.07) is 4.03. The van der Waals surface area contributed by atoms with E-state index in [1.165, 1.54) is 29.1 Å². The van der Waals surface area contributed by atoms with Crippen molar-refractivity contribution in [1.82, 2.24) is 9.78 Å². The minimum Gasteiger partial charge on any atom is -0.486 e. The van der Waals surface area contributed by atoms with Crippen molar-refractivity contribution in [2.75, 3.05) is 24.1 Å². The lowest BCUT2D eigenvalue weighted by atomic mass is 9.98. The second-order valence-electron chi connectivity index (χ2n) is 10.1. The Labute approximate surface area is 241 Å². The molecule has 3 rings (SSSR count). The van der Waals surface area contributed by atoms with Gasteiger partial charge in [-0.1, -0.05) is 13.0 Å². The van der Waals surface area contributed by atoms with Gasteiger partial charge in [0.15, 0.2) is 4.90 Å². The van der Waals surface area contributed by atoms with Gasteiger partial charge in [-0.05, 0) is 51.3 Å². The van der Waals surface area contributed by atoms with Crippen LogP contribution in [0.4, 0.5) is 18.9 Å². The Kier molecular flexibility index (Phi) is 10.0. The predicted molar refractivity (Wildman–Crippen MR) is 142 cm³/mol. The molecule has 1 aliphatic rings. The second kappa shape index (κ2) is 12.8. The van der Waals surface area contributed by atoms with Crippen LogP contribution in [0.2, 0.25) is 0 Å². The number of carboxylic acid groups (broad SMARTS) is 1. The lowest BCUT2D eigenvalue weighted by molar-refractivity contribution is -0.257. The van der Waals surface area contributed by atoms with Crippen molar-refractivity contribution in [1.29, 1.82) is 0 Å². The highest BCUT2D eigenvalue weighted by Gasteiger charge is 2.50. The number of ether oxygens (including phenoxy) is 3. The monoisotopic (exact) mass is 621 g/mol. The Morgan fingerprint density at radius 2 is 1.93 bits per heavy atom. The average Bonchev–Trinajstić information content (AvgIpc) is 3.33. The molecule has 0 bridgehead atoms. The fourth-order valence-corrected chi connectivity index (χ4v) is 5.78. The number of alkyl halides is 3. The molecule has 234 valence electrons. The SMILES string of the molecule is CC[C@@H](C[C@H]1CN(S(=O)(=O)c2cn(CC)nc2OCCO)c2cc(CC(=O)OC(C)(C)C(F)(F)F)ccc2O1)C(=O)O. The molecule has 16 heteroatoms. The molecule has 1 aromatic carbocycles. The number of aliphatic hydroxyl groups excluding tert-OH is 1. The van der Waals surface area contributed by atoms with Gasteiger partial charge in [-0.25, -0.2) is 8.42 Å². The Balaban J connectivity index is 2.04. The molecule has 1 aliphatic heterocycles. The van der Waals surface area contributed by atoms with Crippen molar-refractivity contribution in [3.8, 4) is 11.6 Å². The number of esters is 1. The topological polar surface area (TPSA) is 157 Å². The third-order valence-corrected chi connectivity index (χ3v) is 8.43. The smallest absolute Gasteiger partial charge is 0.427 e. The number of benzene rings is 1. The van der Waals surface area contributed by atoms with Gasteiger partial charge in [-0.3, -0.25) is 18.6 Å². The van der Waals surface area contributed by atoms with Crippen LogP contribution < -0.4 is 13.8 Å². The van der Waals surface area contributed by atoms with Crippen LogP contribution in [-0.4, -0.2) is 78.0 Å². The van der Waals surface area contributed by atoms with Crippen molar-refractivity contribution >= 4 is 27.6 Å². The van der Waals surface area contributed by atoms with E-state index in [2.05, 4.69) is 9.84 Å². The van der Waals surface area contributed by atoms with E-state index in [4.69, 9.17) is 9.47 Å². The molecular weight excluding hydrogens is 587 g/mol. The number of anilines is 1. The Morgan fingerprint density at radius 1 is 1.24 bits per heavy atom. The molecule has 0 spiro atoms. The highest BCUT2D eigenvalue weighted by Crippen LogP contribution is 2.41. The molecule has 2 heterocycles. The maximum Gasteiger partial charge on any atom is 0.427 e. The number of rotatable bonds is 13. The van der Waals surface area contributed by atoms with Crippen molar-refractivity contribution in [2.45, 2.75) is 76.3 Å². The van der Waals surface area contributed by atoms with Crippen LogP contribution in [0.3, 0.4) is 0 Å². The summed E-state index contributed by atoms with van der Waals surface area (Å²) in [6.07, 6.45) is -4.78. The molecule has 0 amide bonds. The zero-order valence-corrected chi connectivity index (χ0v) is 24.4. The largest absolute Gasteiger partial charge is 0.486 e. The van der Waals surface area contributed by atoms with E-state index in [1.54, 1.807) is 13.8 Å². The number of carboxylic acids is 1. The molecule has 0 radical (unpaired) electrons. The van der Waals surface area contributed by atoms with Gasteiger partial charge in [0.25, 0.3) is 15.9 Å². The molecule has 12 nitrogen and oxygen atoms in total. The number of halogens is 3. The molecule has 0 aliphatic carbocycles. The first-order valence-electron chi connectivity index (χ1n) is 13.2. The summed E-state index contributed by atoms with van der Waals surface area (Å²) in [5, 5.41) is 22.9. The molecule has 2 N–H and O–H groups in total.